The van der Waals surface area contributed by atoms with Gasteiger partial charge in [0.15, 0.2) is 5.69 Å². The van der Waals surface area contributed by atoms with Gasteiger partial charge in [0.05, 0.1) is 4.47 Å². The lowest BCUT2D eigenvalue weighted by molar-refractivity contribution is 0.137. The molecule has 0 spiro atoms. The van der Waals surface area contributed by atoms with Gasteiger partial charge in [-0.1, -0.05) is 0 Å². The molecule has 1 saturated carbocycles. The highest BCUT2D eigenvalue weighted by molar-refractivity contribution is 9.10. The molecule has 1 fully saturated rings. The van der Waals surface area contributed by atoms with E-state index >= 15 is 0 Å². The van der Waals surface area contributed by atoms with E-state index in [1.807, 2.05) is 6.07 Å². The average molecular weight is 299 g/mol. The fourth-order valence-corrected chi connectivity index (χ4v) is 1.88. The van der Waals surface area contributed by atoms with E-state index in [1.165, 1.54) is 4.68 Å². The predicted octanol–water partition coefficient (Wildman–Crippen LogP) is 1.44. The number of amides is 1. The standard InChI is InChI=1S/C10H11BrN4O2/c1-15-8(4-12)9(11)7(14-15)5-17-10(16)13-6-2-3-6/h6H,2-3,5H2,1H3,(H,13,16). The van der Waals surface area contributed by atoms with Gasteiger partial charge in [0, 0.05) is 13.1 Å². The van der Waals surface area contributed by atoms with Crippen LogP contribution in [0.15, 0.2) is 4.47 Å². The summed E-state index contributed by atoms with van der Waals surface area (Å²) < 4.78 is 7.02. The van der Waals surface area contributed by atoms with Gasteiger partial charge in [-0.05, 0) is 28.8 Å². The molecule has 17 heavy (non-hydrogen) atoms. The largest absolute Gasteiger partial charge is 0.443 e. The Hall–Kier alpha value is -1.55. The molecule has 0 aliphatic heterocycles. The van der Waals surface area contributed by atoms with Gasteiger partial charge in [0.2, 0.25) is 0 Å². The van der Waals surface area contributed by atoms with Crippen molar-refractivity contribution in [2.45, 2.75) is 25.5 Å². The second kappa shape index (κ2) is 4.75. The van der Waals surface area contributed by atoms with Crippen molar-refractivity contribution in [1.29, 1.82) is 5.26 Å². The van der Waals surface area contributed by atoms with Crippen molar-refractivity contribution in [1.82, 2.24) is 15.1 Å². The Morgan fingerprint density at radius 1 is 1.76 bits per heavy atom. The normalized spacial score (nSPS) is 14.2. The number of nitrogens with one attached hydrogen (secondary N) is 1. The van der Waals surface area contributed by atoms with Crippen molar-refractivity contribution < 1.29 is 9.53 Å². The van der Waals surface area contributed by atoms with Crippen LogP contribution in [0.1, 0.15) is 24.2 Å². The minimum atomic E-state index is -0.441. The molecule has 1 amide bonds. The van der Waals surface area contributed by atoms with Gasteiger partial charge in [-0.15, -0.1) is 0 Å². The Bertz CT molecular complexity index is 487. The van der Waals surface area contributed by atoms with Gasteiger partial charge in [0.25, 0.3) is 0 Å². The van der Waals surface area contributed by atoms with Crippen molar-refractivity contribution in [2.24, 2.45) is 7.05 Å². The predicted molar refractivity (Wildman–Crippen MR) is 62.0 cm³/mol. The molecule has 0 atom stereocenters. The zero-order valence-electron chi connectivity index (χ0n) is 9.23. The maximum absolute atomic E-state index is 11.3. The van der Waals surface area contributed by atoms with E-state index in [0.717, 1.165) is 12.8 Å². The first-order valence-electron chi connectivity index (χ1n) is 5.16. The molecule has 1 aromatic rings. The quantitative estimate of drug-likeness (QED) is 0.916. The highest BCUT2D eigenvalue weighted by Gasteiger charge is 2.24. The first-order valence-corrected chi connectivity index (χ1v) is 5.96. The molecule has 0 unspecified atom stereocenters. The number of hydrogen-bond acceptors (Lipinski definition) is 4. The summed E-state index contributed by atoms with van der Waals surface area (Å²) in [5.41, 5.74) is 0.946. The van der Waals surface area contributed by atoms with Crippen molar-refractivity contribution in [3.63, 3.8) is 0 Å². The number of halogens is 1. The number of ether oxygens (including phenoxy) is 1. The molecule has 0 radical (unpaired) electrons. The van der Waals surface area contributed by atoms with E-state index < -0.39 is 6.09 Å². The number of alkyl carbamates (subject to hydrolysis) is 1. The van der Waals surface area contributed by atoms with Crippen LogP contribution in [-0.4, -0.2) is 21.9 Å². The number of nitrogens with zero attached hydrogens (tertiary/aromatic N) is 3. The van der Waals surface area contributed by atoms with Crippen LogP contribution in [0.3, 0.4) is 0 Å². The van der Waals surface area contributed by atoms with Crippen LogP contribution >= 0.6 is 15.9 Å². The molecule has 0 aromatic carbocycles. The summed E-state index contributed by atoms with van der Waals surface area (Å²) in [5.74, 6) is 0. The fourth-order valence-electron chi connectivity index (χ4n) is 1.34. The van der Waals surface area contributed by atoms with Crippen molar-refractivity contribution in [2.75, 3.05) is 0 Å². The molecule has 1 aliphatic rings. The van der Waals surface area contributed by atoms with Crippen LogP contribution in [0.25, 0.3) is 0 Å². The summed E-state index contributed by atoms with van der Waals surface area (Å²) in [4.78, 5) is 11.3. The Labute approximate surface area is 107 Å². The third-order valence-corrected chi connectivity index (χ3v) is 3.23. The maximum Gasteiger partial charge on any atom is 0.407 e. The van der Waals surface area contributed by atoms with Gasteiger partial charge in [0.1, 0.15) is 18.4 Å². The fraction of sp³-hybridized carbons (Fsp3) is 0.500. The van der Waals surface area contributed by atoms with E-state index in [2.05, 4.69) is 26.3 Å². The van der Waals surface area contributed by atoms with E-state index in [-0.39, 0.29) is 12.6 Å². The number of nitriles is 1. The smallest absolute Gasteiger partial charge is 0.407 e. The lowest BCUT2D eigenvalue weighted by Gasteiger charge is -2.03. The maximum atomic E-state index is 11.3. The van der Waals surface area contributed by atoms with Crippen LogP contribution < -0.4 is 5.32 Å². The molecule has 90 valence electrons. The lowest BCUT2D eigenvalue weighted by Crippen LogP contribution is -2.26. The van der Waals surface area contributed by atoms with Gasteiger partial charge in [-0.2, -0.15) is 10.4 Å². The second-order valence-corrected chi connectivity index (χ2v) is 4.63. The summed E-state index contributed by atoms with van der Waals surface area (Å²) in [6.07, 6.45) is 1.59. The van der Waals surface area contributed by atoms with E-state index in [0.29, 0.717) is 15.9 Å². The van der Waals surface area contributed by atoms with Crippen LogP contribution in [0.5, 0.6) is 0 Å². The highest BCUT2D eigenvalue weighted by atomic mass is 79.9. The highest BCUT2D eigenvalue weighted by Crippen LogP contribution is 2.21. The SMILES string of the molecule is Cn1nc(COC(=O)NC2CC2)c(Br)c1C#N. The molecule has 1 aliphatic carbocycles. The summed E-state index contributed by atoms with van der Waals surface area (Å²) in [6, 6.07) is 2.28. The van der Waals surface area contributed by atoms with E-state index in [1.54, 1.807) is 7.05 Å². The van der Waals surface area contributed by atoms with Crippen LogP contribution in [-0.2, 0) is 18.4 Å². The minimum Gasteiger partial charge on any atom is -0.443 e. The van der Waals surface area contributed by atoms with Crippen molar-refractivity contribution in [3.05, 3.63) is 15.9 Å². The number of hydrogen-bond donors (Lipinski definition) is 1. The Balaban J connectivity index is 1.94. The molecule has 0 bridgehead atoms. The average Bonchev–Trinajstić information content (AvgIpc) is 3.03. The molecule has 7 heteroatoms. The van der Waals surface area contributed by atoms with E-state index in [9.17, 15) is 4.79 Å². The molecular weight excluding hydrogens is 288 g/mol. The minimum absolute atomic E-state index is 0.0503. The second-order valence-electron chi connectivity index (χ2n) is 3.84. The summed E-state index contributed by atoms with van der Waals surface area (Å²) in [6.45, 7) is 0.0503. The number of aryl methyl sites for hydroxylation is 1. The monoisotopic (exact) mass is 298 g/mol. The molecule has 1 N–H and O–H groups in total. The van der Waals surface area contributed by atoms with Gasteiger partial charge < -0.3 is 10.1 Å². The van der Waals surface area contributed by atoms with Crippen LogP contribution in [0.2, 0.25) is 0 Å². The first-order chi connectivity index (χ1) is 8.11. The molecule has 2 rings (SSSR count). The topological polar surface area (TPSA) is 79.9 Å². The summed E-state index contributed by atoms with van der Waals surface area (Å²) >= 11 is 3.26. The number of rotatable bonds is 3. The molecule has 6 nitrogen and oxygen atoms in total. The Morgan fingerprint density at radius 2 is 2.47 bits per heavy atom. The van der Waals surface area contributed by atoms with Crippen LogP contribution in [0, 0.1) is 11.3 Å². The zero-order valence-corrected chi connectivity index (χ0v) is 10.8. The zero-order chi connectivity index (χ0) is 12.4. The molecule has 0 saturated heterocycles. The lowest BCUT2D eigenvalue weighted by atomic mass is 10.4. The first kappa shape index (κ1) is 11.9. The summed E-state index contributed by atoms with van der Waals surface area (Å²) in [7, 11) is 1.66. The van der Waals surface area contributed by atoms with Gasteiger partial charge in [-0.3, -0.25) is 4.68 Å². The number of carbonyl (C=O) groups is 1. The number of carbonyl (C=O) groups excluding carboxylic acids is 1. The molecule has 1 aromatic heterocycles. The third-order valence-electron chi connectivity index (χ3n) is 2.40. The third kappa shape index (κ3) is 2.77. The number of aromatic nitrogens is 2. The van der Waals surface area contributed by atoms with Gasteiger partial charge in [-0.25, -0.2) is 4.79 Å². The van der Waals surface area contributed by atoms with Gasteiger partial charge >= 0.3 is 6.09 Å². The van der Waals surface area contributed by atoms with Crippen molar-refractivity contribution in [3.8, 4) is 6.07 Å². The molecular formula is C10H11BrN4O2. The Morgan fingerprint density at radius 3 is 3.00 bits per heavy atom. The van der Waals surface area contributed by atoms with E-state index in [4.69, 9.17) is 10.00 Å². The molecule has 1 heterocycles. The Kier molecular flexibility index (Phi) is 3.33. The van der Waals surface area contributed by atoms with Crippen molar-refractivity contribution >= 4 is 22.0 Å². The van der Waals surface area contributed by atoms with Crippen LogP contribution in [0.4, 0.5) is 4.79 Å². The summed E-state index contributed by atoms with van der Waals surface area (Å²) in [5, 5.41) is 15.6.